The molecule has 0 aliphatic rings. The number of pyridine rings is 1. The van der Waals surface area contributed by atoms with Crippen LogP contribution in [0.1, 0.15) is 21.6 Å². The maximum atomic E-state index is 11.9. The fourth-order valence-corrected chi connectivity index (χ4v) is 2.81. The van der Waals surface area contributed by atoms with Crippen LogP contribution in [0, 0.1) is 6.92 Å². The lowest BCUT2D eigenvalue weighted by Gasteiger charge is -2.09. The number of amides is 2. The molecule has 1 aromatic heterocycles. The van der Waals surface area contributed by atoms with Gasteiger partial charge in [-0.1, -0.05) is 42.5 Å². The monoisotopic (exact) mass is 389 g/mol. The zero-order chi connectivity index (χ0) is 20.6. The van der Waals surface area contributed by atoms with E-state index in [9.17, 15) is 9.59 Å². The summed E-state index contributed by atoms with van der Waals surface area (Å²) < 4.78 is 5.43. The van der Waals surface area contributed by atoms with Crippen LogP contribution in [0.3, 0.4) is 0 Å². The van der Waals surface area contributed by atoms with Crippen LogP contribution in [-0.2, 0) is 11.3 Å². The molecule has 0 aliphatic carbocycles. The molecular formula is C23H23N3O3. The highest BCUT2D eigenvalue weighted by atomic mass is 16.5. The van der Waals surface area contributed by atoms with E-state index in [4.69, 9.17) is 4.74 Å². The zero-order valence-corrected chi connectivity index (χ0v) is 16.4. The quantitative estimate of drug-likeness (QED) is 0.651. The Bertz CT molecular complexity index is 986. The Kier molecular flexibility index (Phi) is 6.58. The molecule has 0 saturated heterocycles. The van der Waals surface area contributed by atoms with Gasteiger partial charge in [-0.2, -0.15) is 0 Å². The summed E-state index contributed by atoms with van der Waals surface area (Å²) in [4.78, 5) is 28.3. The normalized spacial score (nSPS) is 10.3. The number of hydrogen-bond donors (Lipinski definition) is 2. The van der Waals surface area contributed by atoms with Crippen molar-refractivity contribution in [3.05, 3.63) is 83.6 Å². The molecule has 2 aromatic carbocycles. The molecule has 0 fully saturated rings. The van der Waals surface area contributed by atoms with E-state index in [1.165, 1.54) is 0 Å². The first-order valence-electron chi connectivity index (χ1n) is 9.30. The van der Waals surface area contributed by atoms with Crippen molar-refractivity contribution in [2.24, 2.45) is 0 Å². The topological polar surface area (TPSA) is 80.3 Å². The molecule has 2 N–H and O–H groups in total. The Morgan fingerprint density at radius 1 is 0.966 bits per heavy atom. The molecule has 6 heteroatoms. The van der Waals surface area contributed by atoms with Gasteiger partial charge in [0, 0.05) is 19.2 Å². The summed E-state index contributed by atoms with van der Waals surface area (Å²) in [5.41, 5.74) is 3.95. The third kappa shape index (κ3) is 5.42. The predicted octanol–water partition coefficient (Wildman–Crippen LogP) is 3.11. The maximum Gasteiger partial charge on any atom is 0.258 e. The molecule has 0 spiro atoms. The van der Waals surface area contributed by atoms with E-state index >= 15 is 0 Å². The standard InChI is InChI=1S/C23H23N3O3/c1-16-20(23(28)24-2)12-13-21(26-16)18-10-8-17(9-11-18)14-25-22(27)15-29-19-6-4-3-5-7-19/h3-13H,14-15H2,1-2H3,(H,24,28)(H,25,27). The molecule has 0 atom stereocenters. The van der Waals surface area contributed by atoms with E-state index in [0.717, 1.165) is 16.8 Å². The van der Waals surface area contributed by atoms with Crippen molar-refractivity contribution in [2.75, 3.05) is 13.7 Å². The van der Waals surface area contributed by atoms with Gasteiger partial charge in [0.15, 0.2) is 6.61 Å². The smallest absolute Gasteiger partial charge is 0.258 e. The summed E-state index contributed by atoms with van der Waals surface area (Å²) in [5, 5.41) is 5.45. The third-order valence-electron chi connectivity index (χ3n) is 4.41. The van der Waals surface area contributed by atoms with Gasteiger partial charge < -0.3 is 15.4 Å². The molecule has 3 rings (SSSR count). The van der Waals surface area contributed by atoms with Gasteiger partial charge in [-0.25, -0.2) is 0 Å². The number of rotatable bonds is 7. The van der Waals surface area contributed by atoms with Gasteiger partial charge in [0.05, 0.1) is 17.0 Å². The van der Waals surface area contributed by atoms with Crippen molar-refractivity contribution in [1.29, 1.82) is 0 Å². The first kappa shape index (κ1) is 20.1. The Morgan fingerprint density at radius 2 is 1.69 bits per heavy atom. The summed E-state index contributed by atoms with van der Waals surface area (Å²) in [6, 6.07) is 20.6. The summed E-state index contributed by atoms with van der Waals surface area (Å²) in [7, 11) is 1.60. The van der Waals surface area contributed by atoms with Crippen LogP contribution >= 0.6 is 0 Å². The zero-order valence-electron chi connectivity index (χ0n) is 16.4. The van der Waals surface area contributed by atoms with Crippen LogP contribution in [0.25, 0.3) is 11.3 Å². The summed E-state index contributed by atoms with van der Waals surface area (Å²) in [6.45, 7) is 2.21. The number of carbonyl (C=O) groups excluding carboxylic acids is 2. The van der Waals surface area contributed by atoms with Crippen molar-refractivity contribution in [2.45, 2.75) is 13.5 Å². The van der Waals surface area contributed by atoms with E-state index in [0.29, 0.717) is 23.6 Å². The number of ether oxygens (including phenoxy) is 1. The fourth-order valence-electron chi connectivity index (χ4n) is 2.81. The minimum absolute atomic E-state index is 0.0248. The van der Waals surface area contributed by atoms with Gasteiger partial charge in [0.25, 0.3) is 11.8 Å². The van der Waals surface area contributed by atoms with E-state index in [2.05, 4.69) is 15.6 Å². The number of para-hydroxylation sites is 1. The highest BCUT2D eigenvalue weighted by Gasteiger charge is 2.10. The Morgan fingerprint density at radius 3 is 2.34 bits per heavy atom. The fraction of sp³-hybridized carbons (Fsp3) is 0.174. The predicted molar refractivity (Wildman–Crippen MR) is 112 cm³/mol. The van der Waals surface area contributed by atoms with Crippen LogP contribution in [0.15, 0.2) is 66.7 Å². The first-order chi connectivity index (χ1) is 14.1. The van der Waals surface area contributed by atoms with Crippen LogP contribution in [0.5, 0.6) is 5.75 Å². The van der Waals surface area contributed by atoms with Gasteiger partial charge in [-0.3, -0.25) is 14.6 Å². The molecule has 0 radical (unpaired) electrons. The minimum Gasteiger partial charge on any atom is -0.484 e. The maximum absolute atomic E-state index is 11.9. The molecule has 148 valence electrons. The van der Waals surface area contributed by atoms with Crippen LogP contribution < -0.4 is 15.4 Å². The number of nitrogens with one attached hydrogen (secondary N) is 2. The summed E-state index contributed by atoms with van der Waals surface area (Å²) in [5.74, 6) is 0.334. The van der Waals surface area contributed by atoms with Crippen molar-refractivity contribution in [1.82, 2.24) is 15.6 Å². The molecule has 2 amide bonds. The average Bonchev–Trinajstić information content (AvgIpc) is 2.76. The number of hydrogen-bond acceptors (Lipinski definition) is 4. The second-order valence-corrected chi connectivity index (χ2v) is 6.48. The Labute approximate surface area is 169 Å². The lowest BCUT2D eigenvalue weighted by atomic mass is 10.1. The van der Waals surface area contributed by atoms with E-state index in [-0.39, 0.29) is 18.4 Å². The third-order valence-corrected chi connectivity index (χ3v) is 4.41. The minimum atomic E-state index is -0.181. The molecule has 1 heterocycles. The van der Waals surface area contributed by atoms with Crippen LogP contribution in [0.2, 0.25) is 0 Å². The first-order valence-corrected chi connectivity index (χ1v) is 9.30. The number of carbonyl (C=O) groups is 2. The lowest BCUT2D eigenvalue weighted by Crippen LogP contribution is -2.28. The van der Waals surface area contributed by atoms with E-state index in [1.807, 2.05) is 67.6 Å². The largest absolute Gasteiger partial charge is 0.484 e. The molecule has 6 nitrogen and oxygen atoms in total. The second-order valence-electron chi connectivity index (χ2n) is 6.48. The number of nitrogens with zero attached hydrogens (tertiary/aromatic N) is 1. The number of aryl methyl sites for hydroxylation is 1. The van der Waals surface area contributed by atoms with Gasteiger partial charge in [-0.15, -0.1) is 0 Å². The van der Waals surface area contributed by atoms with E-state index in [1.54, 1.807) is 13.1 Å². The molecule has 0 aliphatic heterocycles. The second kappa shape index (κ2) is 9.50. The van der Waals surface area contributed by atoms with E-state index < -0.39 is 0 Å². The van der Waals surface area contributed by atoms with Crippen molar-refractivity contribution in [3.63, 3.8) is 0 Å². The molecule has 0 saturated carbocycles. The number of benzene rings is 2. The van der Waals surface area contributed by atoms with Crippen molar-refractivity contribution < 1.29 is 14.3 Å². The average molecular weight is 389 g/mol. The van der Waals surface area contributed by atoms with Crippen molar-refractivity contribution in [3.8, 4) is 17.0 Å². The highest BCUT2D eigenvalue weighted by molar-refractivity contribution is 5.95. The van der Waals surface area contributed by atoms with Crippen molar-refractivity contribution >= 4 is 11.8 Å². The van der Waals surface area contributed by atoms with Gasteiger partial charge >= 0.3 is 0 Å². The SMILES string of the molecule is CNC(=O)c1ccc(-c2ccc(CNC(=O)COc3ccccc3)cc2)nc1C. The number of aromatic nitrogens is 1. The highest BCUT2D eigenvalue weighted by Crippen LogP contribution is 2.20. The Hall–Kier alpha value is -3.67. The summed E-state index contributed by atoms with van der Waals surface area (Å²) >= 11 is 0. The molecule has 3 aromatic rings. The van der Waals surface area contributed by atoms with Gasteiger partial charge in [0.1, 0.15) is 5.75 Å². The van der Waals surface area contributed by atoms with Gasteiger partial charge in [0.2, 0.25) is 0 Å². The molecule has 29 heavy (non-hydrogen) atoms. The molecular weight excluding hydrogens is 366 g/mol. The summed E-state index contributed by atoms with van der Waals surface area (Å²) in [6.07, 6.45) is 0. The molecule has 0 bridgehead atoms. The Balaban J connectivity index is 1.55. The van der Waals surface area contributed by atoms with Crippen LogP contribution in [-0.4, -0.2) is 30.5 Å². The van der Waals surface area contributed by atoms with Crippen LogP contribution in [0.4, 0.5) is 0 Å². The molecule has 0 unspecified atom stereocenters. The lowest BCUT2D eigenvalue weighted by molar-refractivity contribution is -0.123. The van der Waals surface area contributed by atoms with Gasteiger partial charge in [-0.05, 0) is 36.8 Å².